The highest BCUT2D eigenvalue weighted by molar-refractivity contribution is 6.46. The number of carbonyl (C=O) groups excluding carboxylic acids is 2. The molecule has 1 aromatic carbocycles. The van der Waals surface area contributed by atoms with Crippen LogP contribution < -0.4 is 0 Å². The van der Waals surface area contributed by atoms with Gasteiger partial charge in [0.05, 0.1) is 18.3 Å². The molecule has 3 rings (SSSR count). The maximum atomic E-state index is 12.9. The number of rotatable bonds is 4. The topological polar surface area (TPSA) is 86.3 Å². The van der Waals surface area contributed by atoms with Crippen LogP contribution in [-0.4, -0.2) is 44.3 Å². The largest absolute Gasteiger partial charge is 0.505 e. The lowest BCUT2D eigenvalue weighted by Crippen LogP contribution is -2.33. The Balaban J connectivity index is 1.83. The van der Waals surface area contributed by atoms with Crippen LogP contribution in [0.3, 0.4) is 0 Å². The Hall–Kier alpha value is -2.96. The number of hydrogen-bond acceptors (Lipinski definition) is 4. The third-order valence-electron chi connectivity index (χ3n) is 4.14. The monoisotopic (exact) mass is 343 g/mol. The lowest BCUT2D eigenvalue weighted by Gasteiger charge is -2.18. The van der Waals surface area contributed by atoms with Gasteiger partial charge in [-0.3, -0.25) is 9.59 Å². The number of aromatic nitrogens is 2. The van der Waals surface area contributed by atoms with Gasteiger partial charge < -0.3 is 15.0 Å². The van der Waals surface area contributed by atoms with Crippen molar-refractivity contribution in [2.24, 2.45) is 0 Å². The molecule has 130 valence electrons. The first-order chi connectivity index (χ1) is 11.9. The maximum absolute atomic E-state index is 12.9. The predicted molar refractivity (Wildman–Crippen MR) is 89.2 cm³/mol. The fraction of sp³-hybridized carbons (Fsp3) is 0.278. The van der Waals surface area contributed by atoms with Crippen molar-refractivity contribution in [3.05, 3.63) is 58.9 Å². The Kier molecular flexibility index (Phi) is 4.39. The highest BCUT2D eigenvalue weighted by atomic mass is 19.1. The van der Waals surface area contributed by atoms with Crippen LogP contribution in [0.1, 0.15) is 30.9 Å². The number of aliphatic hydroxyl groups is 1. The summed E-state index contributed by atoms with van der Waals surface area (Å²) in [5.74, 6) is -1.32. The van der Waals surface area contributed by atoms with E-state index < -0.39 is 11.7 Å². The van der Waals surface area contributed by atoms with Crippen molar-refractivity contribution in [3.63, 3.8) is 0 Å². The van der Waals surface area contributed by atoms with Gasteiger partial charge in [0.2, 0.25) is 0 Å². The molecule has 1 amide bonds. The van der Waals surface area contributed by atoms with E-state index in [0.717, 1.165) is 5.56 Å². The number of amides is 1. The summed E-state index contributed by atoms with van der Waals surface area (Å²) >= 11 is 0. The van der Waals surface area contributed by atoms with Crippen molar-refractivity contribution in [3.8, 4) is 0 Å². The van der Waals surface area contributed by atoms with Crippen LogP contribution in [-0.2, 0) is 16.0 Å². The molecule has 0 aliphatic carbocycles. The van der Waals surface area contributed by atoms with Gasteiger partial charge in [-0.05, 0) is 31.5 Å². The summed E-state index contributed by atoms with van der Waals surface area (Å²) in [4.78, 5) is 32.5. The predicted octanol–water partition coefficient (Wildman–Crippen LogP) is 2.23. The SMILES string of the molecule is CC(C)N1C/C(=C(/O)c2cnc(Cc3ccc(F)cc3)[nH]2)C(=O)C1=O. The van der Waals surface area contributed by atoms with Gasteiger partial charge in [-0.25, -0.2) is 9.37 Å². The number of carbonyl (C=O) groups is 2. The number of nitrogens with zero attached hydrogens (tertiary/aromatic N) is 2. The summed E-state index contributed by atoms with van der Waals surface area (Å²) in [5, 5.41) is 10.4. The van der Waals surface area contributed by atoms with Crippen LogP contribution in [0.2, 0.25) is 0 Å². The van der Waals surface area contributed by atoms with Crippen molar-refractivity contribution in [2.75, 3.05) is 6.54 Å². The summed E-state index contributed by atoms with van der Waals surface area (Å²) in [6, 6.07) is 5.90. The molecule has 0 radical (unpaired) electrons. The molecular weight excluding hydrogens is 325 g/mol. The second-order valence-corrected chi connectivity index (χ2v) is 6.23. The first-order valence-corrected chi connectivity index (χ1v) is 7.93. The average Bonchev–Trinajstić information content (AvgIpc) is 3.15. The van der Waals surface area contributed by atoms with Gasteiger partial charge in [0.25, 0.3) is 11.7 Å². The molecule has 2 heterocycles. The van der Waals surface area contributed by atoms with Gasteiger partial charge in [-0.2, -0.15) is 0 Å². The first kappa shape index (κ1) is 16.9. The number of likely N-dealkylation sites (tertiary alicyclic amines) is 1. The molecule has 1 aromatic heterocycles. The Morgan fingerprint density at radius 2 is 2.00 bits per heavy atom. The molecule has 7 heteroatoms. The van der Waals surface area contributed by atoms with E-state index in [9.17, 15) is 19.1 Å². The summed E-state index contributed by atoms with van der Waals surface area (Å²) in [5.41, 5.74) is 1.20. The minimum atomic E-state index is -0.694. The standard InChI is InChI=1S/C18H18FN3O3/c1-10(2)22-9-13(17(24)18(22)25)16(23)14-8-20-15(21-14)7-11-3-5-12(19)6-4-11/h3-6,8,10,23H,7,9H2,1-2H3,(H,20,21)/b16-13-. The van der Waals surface area contributed by atoms with Crippen LogP contribution in [0.5, 0.6) is 0 Å². The summed E-state index contributed by atoms with van der Waals surface area (Å²) < 4.78 is 12.9. The Bertz CT molecular complexity index is 853. The number of aliphatic hydroxyl groups excluding tert-OH is 1. The highest BCUT2D eigenvalue weighted by Crippen LogP contribution is 2.23. The molecule has 1 aliphatic heterocycles. The van der Waals surface area contributed by atoms with E-state index in [2.05, 4.69) is 9.97 Å². The van der Waals surface area contributed by atoms with Gasteiger partial charge in [-0.15, -0.1) is 0 Å². The number of benzene rings is 1. The molecule has 6 nitrogen and oxygen atoms in total. The van der Waals surface area contributed by atoms with Gasteiger partial charge >= 0.3 is 0 Å². The van der Waals surface area contributed by atoms with Crippen molar-refractivity contribution >= 4 is 17.4 Å². The summed E-state index contributed by atoms with van der Waals surface area (Å²) in [6.07, 6.45) is 1.84. The highest BCUT2D eigenvalue weighted by Gasteiger charge is 2.38. The second kappa shape index (κ2) is 6.51. The van der Waals surface area contributed by atoms with E-state index >= 15 is 0 Å². The van der Waals surface area contributed by atoms with Crippen LogP contribution in [0.15, 0.2) is 36.0 Å². The molecule has 1 saturated heterocycles. The van der Waals surface area contributed by atoms with E-state index in [0.29, 0.717) is 12.2 Å². The molecule has 1 aliphatic rings. The van der Waals surface area contributed by atoms with Crippen LogP contribution >= 0.6 is 0 Å². The molecule has 0 unspecified atom stereocenters. The van der Waals surface area contributed by atoms with E-state index in [4.69, 9.17) is 0 Å². The normalized spacial score (nSPS) is 16.9. The van der Waals surface area contributed by atoms with E-state index in [-0.39, 0.29) is 35.4 Å². The zero-order chi connectivity index (χ0) is 18.1. The Morgan fingerprint density at radius 3 is 2.60 bits per heavy atom. The molecule has 0 saturated carbocycles. The minimum Gasteiger partial charge on any atom is -0.505 e. The molecular formula is C18H18FN3O3. The third kappa shape index (κ3) is 3.31. The van der Waals surface area contributed by atoms with Gasteiger partial charge in [-0.1, -0.05) is 12.1 Å². The zero-order valence-corrected chi connectivity index (χ0v) is 13.9. The number of Topliss-reactive ketones (excluding diaryl/α,β-unsaturated/α-hetero) is 1. The molecule has 2 aromatic rings. The van der Waals surface area contributed by atoms with Crippen molar-refractivity contribution in [2.45, 2.75) is 26.3 Å². The molecule has 0 bridgehead atoms. The number of H-pyrrole nitrogens is 1. The number of nitrogens with one attached hydrogen (secondary N) is 1. The molecule has 1 fully saturated rings. The Labute approximate surface area is 144 Å². The van der Waals surface area contributed by atoms with E-state index in [1.54, 1.807) is 12.1 Å². The molecule has 2 N–H and O–H groups in total. The van der Waals surface area contributed by atoms with Crippen molar-refractivity contribution in [1.29, 1.82) is 0 Å². The molecule has 25 heavy (non-hydrogen) atoms. The molecule has 0 atom stereocenters. The number of hydrogen-bond donors (Lipinski definition) is 2. The summed E-state index contributed by atoms with van der Waals surface area (Å²) in [6.45, 7) is 3.69. The smallest absolute Gasteiger partial charge is 0.295 e. The quantitative estimate of drug-likeness (QED) is 0.506. The van der Waals surface area contributed by atoms with Gasteiger partial charge in [0, 0.05) is 12.5 Å². The number of ketones is 1. The van der Waals surface area contributed by atoms with Crippen LogP contribution in [0.4, 0.5) is 4.39 Å². The van der Waals surface area contributed by atoms with Crippen molar-refractivity contribution < 1.29 is 19.1 Å². The number of aromatic amines is 1. The Morgan fingerprint density at radius 1 is 1.32 bits per heavy atom. The van der Waals surface area contributed by atoms with Crippen molar-refractivity contribution in [1.82, 2.24) is 14.9 Å². The van der Waals surface area contributed by atoms with Gasteiger partial charge in [0.1, 0.15) is 23.1 Å². The lowest BCUT2D eigenvalue weighted by molar-refractivity contribution is -0.140. The maximum Gasteiger partial charge on any atom is 0.295 e. The summed E-state index contributed by atoms with van der Waals surface area (Å²) in [7, 11) is 0. The van der Waals surface area contributed by atoms with Gasteiger partial charge in [0.15, 0.2) is 0 Å². The second-order valence-electron chi connectivity index (χ2n) is 6.23. The van der Waals surface area contributed by atoms with Crippen LogP contribution in [0, 0.1) is 5.82 Å². The number of imidazole rings is 1. The average molecular weight is 343 g/mol. The fourth-order valence-electron chi connectivity index (χ4n) is 2.70. The third-order valence-corrected chi connectivity index (χ3v) is 4.14. The lowest BCUT2D eigenvalue weighted by atomic mass is 10.1. The van der Waals surface area contributed by atoms with E-state index in [1.165, 1.54) is 23.2 Å². The number of halogens is 1. The van der Waals surface area contributed by atoms with E-state index in [1.807, 2.05) is 13.8 Å². The minimum absolute atomic E-state index is 0.0654. The fourth-order valence-corrected chi connectivity index (χ4v) is 2.70. The zero-order valence-electron chi connectivity index (χ0n) is 13.9. The molecule has 0 spiro atoms. The van der Waals surface area contributed by atoms with Crippen LogP contribution in [0.25, 0.3) is 5.76 Å². The first-order valence-electron chi connectivity index (χ1n) is 7.93.